The number of benzene rings is 3. The highest BCUT2D eigenvalue weighted by Gasteiger charge is 2.52. The Morgan fingerprint density at radius 2 is 1.53 bits per heavy atom. The zero-order chi connectivity index (χ0) is 50.3. The third kappa shape index (κ3) is 11.5. The second-order valence-electron chi connectivity index (χ2n) is 17.0. The molecule has 0 aromatic heterocycles. The Balaban J connectivity index is 0.839. The minimum absolute atomic E-state index is 0.0246. The van der Waals surface area contributed by atoms with E-state index >= 15 is 0 Å². The fraction of sp³-hybridized carbons (Fsp3) is 0.479. The maximum atomic E-state index is 13.9. The molecule has 0 aliphatic carbocycles. The lowest BCUT2D eigenvalue weighted by molar-refractivity contribution is -0.282. The van der Waals surface area contributed by atoms with Crippen LogP contribution >= 0.6 is 11.8 Å². The van der Waals surface area contributed by atoms with Crippen LogP contribution in [-0.2, 0) is 58.0 Å². The largest absolute Gasteiger partial charge is 0.456 e. The van der Waals surface area contributed by atoms with E-state index in [0.717, 1.165) is 16.7 Å². The number of aliphatic hydroxyl groups is 2. The number of nitrogens with zero attached hydrogens (tertiary/aromatic N) is 1. The van der Waals surface area contributed by atoms with E-state index in [4.69, 9.17) is 43.6 Å². The molecule has 3 aromatic carbocycles. The first kappa shape index (κ1) is 52.0. The van der Waals surface area contributed by atoms with Gasteiger partial charge < -0.3 is 64.5 Å². The number of hydrogen-bond donors (Lipinski definition) is 5. The van der Waals surface area contributed by atoms with E-state index in [0.29, 0.717) is 23.1 Å². The van der Waals surface area contributed by atoms with Gasteiger partial charge in [-0.1, -0.05) is 13.0 Å². The molecule has 4 aliphatic heterocycles. The number of esters is 2. The molecule has 4 aliphatic rings. The SMILES string of the molecule is CO[C@@H]1OC(COCC(=O)NCCOCCOCCCC(=O)C(N)CSC2CC(=O)N(c3ccc4c(c3)C(=O)NC43c4ccc(OC(C)=O)cc4Oc4cc(OC(C)=O)ccc43)C2=O)[C@@H](C)[C@H](O)C1O. The van der Waals surface area contributed by atoms with Crippen LogP contribution in [0.2, 0.25) is 0 Å². The summed E-state index contributed by atoms with van der Waals surface area (Å²) >= 11 is 1.12. The summed E-state index contributed by atoms with van der Waals surface area (Å²) in [5, 5.41) is 25.1. The number of thioether (sulfide) groups is 1. The number of aliphatic hydroxyl groups excluding tert-OH is 2. The van der Waals surface area contributed by atoms with Crippen molar-refractivity contribution in [2.45, 2.75) is 81.5 Å². The van der Waals surface area contributed by atoms with Gasteiger partial charge in [0.1, 0.15) is 47.0 Å². The molecule has 7 atom stereocenters. The average Bonchev–Trinajstić information content (AvgIpc) is 3.77. The third-order valence-electron chi connectivity index (χ3n) is 12.1. The van der Waals surface area contributed by atoms with Crippen molar-refractivity contribution in [1.29, 1.82) is 0 Å². The highest BCUT2D eigenvalue weighted by Crippen LogP contribution is 2.55. The normalized spacial score (nSPS) is 22.4. The number of nitrogens with two attached hydrogens (primary N) is 1. The smallest absolute Gasteiger partial charge is 0.308 e. The molecule has 0 bridgehead atoms. The van der Waals surface area contributed by atoms with E-state index in [1.807, 2.05) is 0 Å². The Morgan fingerprint density at radius 3 is 2.17 bits per heavy atom. The number of imide groups is 1. The van der Waals surface area contributed by atoms with Crippen molar-refractivity contribution >= 4 is 58.8 Å². The molecule has 4 heterocycles. The van der Waals surface area contributed by atoms with Crippen LogP contribution in [-0.4, -0.2) is 147 Å². The minimum atomic E-state index is -1.33. The molecule has 3 aromatic rings. The van der Waals surface area contributed by atoms with Crippen LogP contribution < -0.4 is 35.5 Å². The number of rotatable bonds is 22. The summed E-state index contributed by atoms with van der Waals surface area (Å²) in [6.07, 6.45) is -3.39. The molecule has 1 spiro atoms. The zero-order valence-electron chi connectivity index (χ0n) is 39.0. The number of hydrogen-bond acceptors (Lipinski definition) is 19. The van der Waals surface area contributed by atoms with Crippen molar-refractivity contribution < 1.29 is 81.7 Å². The number of methoxy groups -OCH3 is 1. The van der Waals surface area contributed by atoms with Crippen LogP contribution in [0.3, 0.4) is 0 Å². The highest BCUT2D eigenvalue weighted by molar-refractivity contribution is 8.00. The molecule has 4 amide bonds. The molecule has 4 unspecified atom stereocenters. The number of ketones is 1. The van der Waals surface area contributed by atoms with E-state index in [1.54, 1.807) is 43.3 Å². The van der Waals surface area contributed by atoms with Crippen LogP contribution in [0, 0.1) is 5.92 Å². The molecular weight excluding hydrogens is 937 g/mol. The van der Waals surface area contributed by atoms with Crippen LogP contribution in [0.15, 0.2) is 54.6 Å². The van der Waals surface area contributed by atoms with Crippen LogP contribution in [0.25, 0.3) is 0 Å². The van der Waals surface area contributed by atoms with Crippen LogP contribution in [0.4, 0.5) is 5.69 Å². The van der Waals surface area contributed by atoms with Gasteiger partial charge in [-0.3, -0.25) is 33.6 Å². The molecule has 7 rings (SSSR count). The first-order valence-electron chi connectivity index (χ1n) is 22.6. The first-order valence-corrected chi connectivity index (χ1v) is 23.7. The fourth-order valence-corrected chi connectivity index (χ4v) is 9.78. The third-order valence-corrected chi connectivity index (χ3v) is 13.4. The van der Waals surface area contributed by atoms with E-state index in [-0.39, 0.29) is 111 Å². The summed E-state index contributed by atoms with van der Waals surface area (Å²) < 4.78 is 44.0. The van der Waals surface area contributed by atoms with Crippen LogP contribution in [0.5, 0.6) is 23.0 Å². The summed E-state index contributed by atoms with van der Waals surface area (Å²) in [4.78, 5) is 90.6. The van der Waals surface area contributed by atoms with Crippen molar-refractivity contribution in [2.24, 2.45) is 11.7 Å². The Hall–Kier alpha value is -5.82. The Bertz CT molecular complexity index is 2420. The van der Waals surface area contributed by atoms with Gasteiger partial charge in [-0.15, -0.1) is 11.8 Å². The van der Waals surface area contributed by atoms with Gasteiger partial charge in [-0.25, -0.2) is 4.90 Å². The molecule has 0 saturated carbocycles. The monoisotopic (exact) mass is 992 g/mol. The van der Waals surface area contributed by atoms with Gasteiger partial charge in [0.2, 0.25) is 17.7 Å². The van der Waals surface area contributed by atoms with Gasteiger partial charge in [0.15, 0.2) is 6.29 Å². The second kappa shape index (κ2) is 22.9. The maximum absolute atomic E-state index is 13.9. The minimum Gasteiger partial charge on any atom is -0.456 e. The number of ether oxygens (including phenoxy) is 8. The molecule has 21 nitrogen and oxygen atoms in total. The van der Waals surface area contributed by atoms with Gasteiger partial charge in [-0.2, -0.15) is 0 Å². The van der Waals surface area contributed by atoms with E-state index in [9.17, 15) is 43.8 Å². The van der Waals surface area contributed by atoms with Gasteiger partial charge in [0.05, 0.1) is 55.6 Å². The number of carbonyl (C=O) groups is 7. The van der Waals surface area contributed by atoms with Crippen molar-refractivity contribution in [1.82, 2.24) is 10.6 Å². The molecule has 70 heavy (non-hydrogen) atoms. The molecule has 0 radical (unpaired) electrons. The lowest BCUT2D eigenvalue weighted by Gasteiger charge is -2.40. The number of carbonyl (C=O) groups excluding carboxylic acids is 7. The predicted octanol–water partition coefficient (Wildman–Crippen LogP) is 1.62. The van der Waals surface area contributed by atoms with E-state index in [1.165, 1.54) is 39.2 Å². The summed E-state index contributed by atoms with van der Waals surface area (Å²) in [5.41, 5.74) is 6.77. The van der Waals surface area contributed by atoms with Gasteiger partial charge >= 0.3 is 11.9 Å². The number of Topliss-reactive ketones (excluding diaryl/α,β-unsaturated/α-hetero) is 1. The fourth-order valence-electron chi connectivity index (χ4n) is 8.64. The summed E-state index contributed by atoms with van der Waals surface area (Å²) in [6, 6.07) is 13.3. The van der Waals surface area contributed by atoms with Gasteiger partial charge in [-0.05, 0) is 48.4 Å². The zero-order valence-corrected chi connectivity index (χ0v) is 39.8. The summed E-state index contributed by atoms with van der Waals surface area (Å²) in [6.45, 7) is 5.28. The molecule has 6 N–H and O–H groups in total. The van der Waals surface area contributed by atoms with E-state index < -0.39 is 77.0 Å². The average molecular weight is 993 g/mol. The molecule has 2 fully saturated rings. The Kier molecular flexibility index (Phi) is 17.0. The molecule has 376 valence electrons. The second-order valence-corrected chi connectivity index (χ2v) is 18.3. The van der Waals surface area contributed by atoms with Crippen molar-refractivity contribution in [3.8, 4) is 23.0 Å². The predicted molar refractivity (Wildman–Crippen MR) is 247 cm³/mol. The van der Waals surface area contributed by atoms with Gasteiger partial charge in [0.25, 0.3) is 5.91 Å². The lowest BCUT2D eigenvalue weighted by atomic mass is 9.75. The summed E-state index contributed by atoms with van der Waals surface area (Å²) in [7, 11) is 1.36. The van der Waals surface area contributed by atoms with Crippen molar-refractivity contribution in [3.63, 3.8) is 0 Å². The number of amides is 4. The quantitative estimate of drug-likeness (QED) is 0.0414. The Morgan fingerprint density at radius 1 is 0.886 bits per heavy atom. The van der Waals surface area contributed by atoms with Crippen molar-refractivity contribution in [3.05, 3.63) is 76.9 Å². The molecule has 22 heteroatoms. The van der Waals surface area contributed by atoms with Gasteiger partial charge in [0, 0.05) is 87.4 Å². The molecular formula is C48H56N4O17S. The number of anilines is 1. The van der Waals surface area contributed by atoms with E-state index in [2.05, 4.69) is 10.6 Å². The van der Waals surface area contributed by atoms with Crippen molar-refractivity contribution in [2.75, 3.05) is 63.9 Å². The topological polar surface area (TPSA) is 287 Å². The summed E-state index contributed by atoms with van der Waals surface area (Å²) in [5.74, 6) is -2.60. The lowest BCUT2D eigenvalue weighted by Crippen LogP contribution is -2.55. The first-order chi connectivity index (χ1) is 33.5. The standard InChI is InChI=1S/C48H56N4O17S/c1-25-39(69-47(62-4)44(59)43(25)58)22-65-23-41(56)50-13-15-64-17-16-63-14-5-6-36(55)35(49)24-70-40-21-42(57)52(46(40)61)28-7-10-32-31(18-28)45(60)51-48(32)33-11-8-29(66-26(2)53)19-37(33)68-38-20-30(67-27(3)54)9-12-34(38)48/h7-12,18-20,25,35,39-40,43-44,47,58-59H,5-6,13-17,21-24,49H2,1-4H3,(H,50,56)(H,51,60)/t25-,35?,39?,40?,43+,44?,47-/m1/s1. The Labute approximate surface area is 406 Å². The van der Waals surface area contributed by atoms with Crippen LogP contribution in [0.1, 0.15) is 67.1 Å². The number of nitrogens with one attached hydrogen (secondary N) is 2. The highest BCUT2D eigenvalue weighted by atomic mass is 32.2. The maximum Gasteiger partial charge on any atom is 0.308 e. The number of fused-ring (bicyclic) bond motifs is 6. The molecule has 2 saturated heterocycles.